The first-order valence-electron chi connectivity index (χ1n) is 6.16. The van der Waals surface area contributed by atoms with Crippen LogP contribution in [-0.2, 0) is 6.42 Å². The van der Waals surface area contributed by atoms with Gasteiger partial charge in [0.2, 0.25) is 11.7 Å². The highest BCUT2D eigenvalue weighted by atomic mass is 32.1. The van der Waals surface area contributed by atoms with E-state index in [0.29, 0.717) is 11.7 Å². The van der Waals surface area contributed by atoms with Crippen LogP contribution < -0.4 is 5.73 Å². The van der Waals surface area contributed by atoms with Crippen molar-refractivity contribution in [3.05, 3.63) is 29.6 Å². The van der Waals surface area contributed by atoms with Gasteiger partial charge in [-0.25, -0.2) is 0 Å². The lowest BCUT2D eigenvalue weighted by molar-refractivity contribution is 0.0610. The van der Waals surface area contributed by atoms with Gasteiger partial charge in [0, 0.05) is 18.3 Å². The summed E-state index contributed by atoms with van der Waals surface area (Å²) in [5.74, 6) is 0.831. The summed E-state index contributed by atoms with van der Waals surface area (Å²) in [5, 5.41) is 15.8. The maximum absolute atomic E-state index is 9.91. The average Bonchev–Trinajstić information content (AvgIpc) is 3.05. The van der Waals surface area contributed by atoms with Crippen LogP contribution in [0.15, 0.2) is 28.2 Å². The Kier molecular flexibility index (Phi) is 3.25. The van der Waals surface area contributed by atoms with E-state index in [1.165, 1.54) is 0 Å². The second-order valence-corrected chi connectivity index (χ2v) is 5.87. The van der Waals surface area contributed by atoms with Gasteiger partial charge in [-0.15, -0.1) is 11.3 Å². The molecule has 0 aliphatic carbocycles. The van der Waals surface area contributed by atoms with Crippen LogP contribution in [0.2, 0.25) is 0 Å². The Morgan fingerprint density at radius 2 is 2.35 bits per heavy atom. The molecule has 0 bridgehead atoms. The van der Waals surface area contributed by atoms with Gasteiger partial charge in [-0.05, 0) is 24.4 Å². The number of pyridine rings is 1. The summed E-state index contributed by atoms with van der Waals surface area (Å²) >= 11 is 1.61. The first-order valence-corrected chi connectivity index (χ1v) is 7.04. The van der Waals surface area contributed by atoms with Crippen molar-refractivity contribution in [3.8, 4) is 11.4 Å². The lowest BCUT2D eigenvalue weighted by Crippen LogP contribution is -2.36. The summed E-state index contributed by atoms with van der Waals surface area (Å²) in [6.45, 7) is 1.77. The van der Waals surface area contributed by atoms with Crippen molar-refractivity contribution in [2.45, 2.75) is 18.9 Å². The summed E-state index contributed by atoms with van der Waals surface area (Å²) < 4.78 is 6.22. The molecule has 3 N–H and O–H groups in total. The van der Waals surface area contributed by atoms with Gasteiger partial charge in [0.05, 0.1) is 22.2 Å². The molecule has 0 aromatic carbocycles. The lowest BCUT2D eigenvalue weighted by atomic mass is 10.0. The third-order valence-electron chi connectivity index (χ3n) is 3.00. The molecule has 20 heavy (non-hydrogen) atoms. The second-order valence-electron chi connectivity index (χ2n) is 4.92. The normalized spacial score (nSPS) is 14.6. The first-order chi connectivity index (χ1) is 9.57. The number of hydrogen-bond acceptors (Lipinski definition) is 7. The summed E-state index contributed by atoms with van der Waals surface area (Å²) in [7, 11) is 0. The summed E-state index contributed by atoms with van der Waals surface area (Å²) in [4.78, 5) is 8.61. The number of nitrogens with two attached hydrogens (primary N) is 1. The molecule has 0 aliphatic rings. The molecule has 0 amide bonds. The van der Waals surface area contributed by atoms with Gasteiger partial charge in [-0.1, -0.05) is 5.16 Å². The van der Waals surface area contributed by atoms with Crippen molar-refractivity contribution in [2.24, 2.45) is 5.73 Å². The Balaban J connectivity index is 1.89. The Labute approximate surface area is 119 Å². The molecule has 0 saturated carbocycles. The van der Waals surface area contributed by atoms with E-state index in [0.717, 1.165) is 15.8 Å². The topological polar surface area (TPSA) is 98.1 Å². The number of nitrogens with zero attached hydrogens (tertiary/aromatic N) is 3. The predicted octanol–water partition coefficient (Wildman–Crippen LogP) is 1.60. The molecule has 3 aromatic rings. The first kappa shape index (κ1) is 13.2. The summed E-state index contributed by atoms with van der Waals surface area (Å²) in [6, 6.07) is 3.94. The highest BCUT2D eigenvalue weighted by molar-refractivity contribution is 7.17. The van der Waals surface area contributed by atoms with E-state index < -0.39 is 5.60 Å². The van der Waals surface area contributed by atoms with E-state index in [1.807, 2.05) is 17.5 Å². The van der Waals surface area contributed by atoms with E-state index in [1.54, 1.807) is 24.5 Å². The van der Waals surface area contributed by atoms with Gasteiger partial charge in [0.15, 0.2) is 0 Å². The minimum atomic E-state index is -1.04. The SMILES string of the molecule is CC(O)(CN)Cc1nc(-c2cnc3ccsc3c2)no1. The molecule has 0 saturated heterocycles. The van der Waals surface area contributed by atoms with E-state index in [-0.39, 0.29) is 13.0 Å². The lowest BCUT2D eigenvalue weighted by Gasteiger charge is -2.17. The number of hydrogen-bond donors (Lipinski definition) is 2. The van der Waals surface area contributed by atoms with Crippen molar-refractivity contribution in [1.29, 1.82) is 0 Å². The third kappa shape index (κ3) is 2.55. The second kappa shape index (κ2) is 4.93. The highest BCUT2D eigenvalue weighted by Crippen LogP contribution is 2.24. The minimum Gasteiger partial charge on any atom is -0.388 e. The van der Waals surface area contributed by atoms with Gasteiger partial charge in [-0.3, -0.25) is 4.98 Å². The standard InChI is InChI=1S/C13H14N4O2S/c1-13(18,7-14)5-11-16-12(17-19-11)8-4-10-9(15-6-8)2-3-20-10/h2-4,6,18H,5,7,14H2,1H3. The molecule has 0 spiro atoms. The molecular weight excluding hydrogens is 276 g/mol. The Morgan fingerprint density at radius 3 is 3.15 bits per heavy atom. The fourth-order valence-corrected chi connectivity index (χ4v) is 2.59. The van der Waals surface area contributed by atoms with E-state index in [4.69, 9.17) is 10.3 Å². The molecule has 3 heterocycles. The van der Waals surface area contributed by atoms with Gasteiger partial charge in [-0.2, -0.15) is 4.98 Å². The minimum absolute atomic E-state index is 0.132. The van der Waals surface area contributed by atoms with Gasteiger partial charge in [0.25, 0.3) is 0 Å². The monoisotopic (exact) mass is 290 g/mol. The molecule has 1 atom stereocenters. The molecule has 0 aliphatic heterocycles. The quantitative estimate of drug-likeness (QED) is 0.757. The van der Waals surface area contributed by atoms with Gasteiger partial charge >= 0.3 is 0 Å². The summed E-state index contributed by atoms with van der Waals surface area (Å²) in [6.07, 6.45) is 1.94. The molecule has 3 aromatic heterocycles. The van der Waals surface area contributed by atoms with Crippen LogP contribution in [0.5, 0.6) is 0 Å². The maximum atomic E-state index is 9.91. The number of aliphatic hydroxyl groups is 1. The Bertz CT molecular complexity index is 735. The fourth-order valence-electron chi connectivity index (χ4n) is 1.81. The van der Waals surface area contributed by atoms with Crippen LogP contribution in [0.3, 0.4) is 0 Å². The number of aromatic nitrogens is 3. The average molecular weight is 290 g/mol. The van der Waals surface area contributed by atoms with Crippen LogP contribution >= 0.6 is 11.3 Å². The van der Waals surface area contributed by atoms with Crippen molar-refractivity contribution in [2.75, 3.05) is 6.54 Å². The molecule has 7 heteroatoms. The van der Waals surface area contributed by atoms with Crippen LogP contribution in [-0.4, -0.2) is 32.4 Å². The van der Waals surface area contributed by atoms with Gasteiger partial charge in [0.1, 0.15) is 0 Å². The van der Waals surface area contributed by atoms with Crippen LogP contribution in [0.4, 0.5) is 0 Å². The Morgan fingerprint density at radius 1 is 1.50 bits per heavy atom. The molecule has 6 nitrogen and oxygen atoms in total. The van der Waals surface area contributed by atoms with Gasteiger partial charge < -0.3 is 15.4 Å². The fraction of sp³-hybridized carbons (Fsp3) is 0.308. The van der Waals surface area contributed by atoms with Crippen LogP contribution in [0.25, 0.3) is 21.6 Å². The maximum Gasteiger partial charge on any atom is 0.229 e. The molecule has 104 valence electrons. The molecule has 0 fully saturated rings. The van der Waals surface area contributed by atoms with E-state index in [9.17, 15) is 5.11 Å². The van der Waals surface area contributed by atoms with E-state index >= 15 is 0 Å². The molecular formula is C13H14N4O2S. The van der Waals surface area contributed by atoms with Crippen molar-refractivity contribution >= 4 is 21.6 Å². The third-order valence-corrected chi connectivity index (χ3v) is 3.85. The molecule has 3 rings (SSSR count). The Hall–Kier alpha value is -1.83. The largest absolute Gasteiger partial charge is 0.388 e. The number of thiophene rings is 1. The van der Waals surface area contributed by atoms with Crippen molar-refractivity contribution in [1.82, 2.24) is 15.1 Å². The summed E-state index contributed by atoms with van der Waals surface area (Å²) in [5.41, 5.74) is 6.18. The zero-order valence-electron chi connectivity index (χ0n) is 10.9. The van der Waals surface area contributed by atoms with Crippen molar-refractivity contribution < 1.29 is 9.63 Å². The zero-order valence-corrected chi connectivity index (χ0v) is 11.7. The van der Waals surface area contributed by atoms with Crippen LogP contribution in [0.1, 0.15) is 12.8 Å². The van der Waals surface area contributed by atoms with Crippen LogP contribution in [0, 0.1) is 0 Å². The zero-order chi connectivity index (χ0) is 14.2. The van der Waals surface area contributed by atoms with E-state index in [2.05, 4.69) is 15.1 Å². The molecule has 0 radical (unpaired) electrons. The number of rotatable bonds is 4. The number of fused-ring (bicyclic) bond motifs is 1. The smallest absolute Gasteiger partial charge is 0.229 e. The van der Waals surface area contributed by atoms with Crippen molar-refractivity contribution in [3.63, 3.8) is 0 Å². The predicted molar refractivity (Wildman–Crippen MR) is 76.3 cm³/mol. The molecule has 1 unspecified atom stereocenters. The highest BCUT2D eigenvalue weighted by Gasteiger charge is 2.23.